The summed E-state index contributed by atoms with van der Waals surface area (Å²) in [4.78, 5) is 31.8. The Morgan fingerprint density at radius 2 is 1.58 bits per heavy atom. The molecule has 0 spiro atoms. The van der Waals surface area contributed by atoms with Gasteiger partial charge in [0.25, 0.3) is 5.91 Å². The van der Waals surface area contributed by atoms with E-state index in [4.69, 9.17) is 4.74 Å². The molecular weight excluding hydrogens is 565 g/mol. The molecule has 1 aliphatic carbocycles. The van der Waals surface area contributed by atoms with E-state index in [2.05, 4.69) is 4.57 Å². The fourth-order valence-corrected chi connectivity index (χ4v) is 6.15. The molecule has 2 amide bonds. The van der Waals surface area contributed by atoms with Gasteiger partial charge in [0.1, 0.15) is 12.4 Å². The summed E-state index contributed by atoms with van der Waals surface area (Å²) >= 11 is 0. The maximum Gasteiger partial charge on any atom is 0.254 e. The first-order valence-corrected chi connectivity index (χ1v) is 16.2. The van der Waals surface area contributed by atoms with Crippen LogP contribution in [-0.2, 0) is 22.6 Å². The molecule has 1 saturated carbocycles. The largest absolute Gasteiger partial charge is 0.382 e. The van der Waals surface area contributed by atoms with Gasteiger partial charge in [-0.3, -0.25) is 9.59 Å². The van der Waals surface area contributed by atoms with Gasteiger partial charge in [-0.15, -0.1) is 0 Å². The molecule has 0 aliphatic heterocycles. The van der Waals surface area contributed by atoms with Crippen molar-refractivity contribution < 1.29 is 18.7 Å². The highest BCUT2D eigenvalue weighted by Crippen LogP contribution is 2.26. The van der Waals surface area contributed by atoms with E-state index < -0.39 is 0 Å². The molecule has 1 heterocycles. The predicted octanol–water partition coefficient (Wildman–Crippen LogP) is 7.57. The van der Waals surface area contributed by atoms with Gasteiger partial charge in [-0.25, -0.2) is 4.39 Å². The van der Waals surface area contributed by atoms with E-state index in [9.17, 15) is 14.0 Å². The molecule has 0 radical (unpaired) electrons. The van der Waals surface area contributed by atoms with Gasteiger partial charge in [0.15, 0.2) is 0 Å². The summed E-state index contributed by atoms with van der Waals surface area (Å²) in [6, 6.07) is 28.4. The molecule has 4 aromatic rings. The Kier molecular flexibility index (Phi) is 11.6. The van der Waals surface area contributed by atoms with Gasteiger partial charge in [0, 0.05) is 49.8 Å². The maximum absolute atomic E-state index is 14.2. The summed E-state index contributed by atoms with van der Waals surface area (Å²) in [5.74, 6) is -0.446. The average molecular weight is 610 g/mol. The molecule has 3 aromatic carbocycles. The van der Waals surface area contributed by atoms with E-state index in [1.54, 1.807) is 17.0 Å². The van der Waals surface area contributed by atoms with Crippen LogP contribution in [0.15, 0.2) is 97.2 Å². The topological polar surface area (TPSA) is 54.8 Å². The van der Waals surface area contributed by atoms with Gasteiger partial charge >= 0.3 is 0 Å². The zero-order chi connectivity index (χ0) is 31.4. The third kappa shape index (κ3) is 8.92. The molecule has 6 nitrogen and oxygen atoms in total. The normalized spacial score (nSPS) is 13.5. The summed E-state index contributed by atoms with van der Waals surface area (Å²) in [7, 11) is 0. The van der Waals surface area contributed by atoms with Crippen LogP contribution >= 0.6 is 0 Å². The Morgan fingerprint density at radius 3 is 2.29 bits per heavy atom. The van der Waals surface area contributed by atoms with E-state index in [1.807, 2.05) is 84.8 Å². The highest BCUT2D eigenvalue weighted by Gasteiger charge is 2.29. The Hall–Kier alpha value is -4.23. The number of carbonyl (C=O) groups is 2. The second-order valence-corrected chi connectivity index (χ2v) is 11.8. The number of rotatable bonds is 14. The number of ether oxygens (including phenoxy) is 1. The fourth-order valence-electron chi connectivity index (χ4n) is 6.15. The molecule has 1 fully saturated rings. The minimum absolute atomic E-state index is 0.0145. The number of benzene rings is 3. The molecule has 0 unspecified atom stereocenters. The van der Waals surface area contributed by atoms with Gasteiger partial charge in [-0.2, -0.15) is 0 Å². The highest BCUT2D eigenvalue weighted by atomic mass is 19.1. The Labute approximate surface area is 266 Å². The van der Waals surface area contributed by atoms with Crippen LogP contribution in [0.1, 0.15) is 67.1 Å². The van der Waals surface area contributed by atoms with Gasteiger partial charge in [-0.1, -0.05) is 73.9 Å². The second-order valence-electron chi connectivity index (χ2n) is 11.8. The van der Waals surface area contributed by atoms with Crippen molar-refractivity contribution in [1.82, 2.24) is 14.4 Å². The lowest BCUT2D eigenvalue weighted by atomic mass is 9.94. The van der Waals surface area contributed by atoms with E-state index in [-0.39, 0.29) is 30.2 Å². The van der Waals surface area contributed by atoms with Gasteiger partial charge < -0.3 is 19.1 Å². The molecule has 236 valence electrons. The number of amides is 2. The fraction of sp³-hybridized carbons (Fsp3) is 0.368. The Bertz CT molecular complexity index is 1500. The van der Waals surface area contributed by atoms with E-state index >= 15 is 0 Å². The van der Waals surface area contributed by atoms with Crippen LogP contribution in [0, 0.1) is 5.82 Å². The molecular formula is C38H44FN3O3. The SMILES string of the molecule is CCOCCCN(CC(=O)N(Cc1cccn1Cc1ccc(F)cc1)C1CCCCC1)C(=O)c1ccc(-c2ccccc2)cc1. The Balaban J connectivity index is 1.34. The van der Waals surface area contributed by atoms with Crippen molar-refractivity contribution in [3.63, 3.8) is 0 Å². The monoisotopic (exact) mass is 609 g/mol. The van der Waals surface area contributed by atoms with Crippen molar-refractivity contribution in [3.8, 4) is 11.1 Å². The van der Waals surface area contributed by atoms with Crippen LogP contribution in [0.2, 0.25) is 0 Å². The first kappa shape index (κ1) is 32.2. The molecule has 0 atom stereocenters. The van der Waals surface area contributed by atoms with Crippen molar-refractivity contribution >= 4 is 11.8 Å². The number of halogens is 1. The average Bonchev–Trinajstić information content (AvgIpc) is 3.52. The van der Waals surface area contributed by atoms with Crippen molar-refractivity contribution in [2.45, 2.75) is 64.6 Å². The van der Waals surface area contributed by atoms with Crippen LogP contribution in [0.25, 0.3) is 11.1 Å². The zero-order valence-corrected chi connectivity index (χ0v) is 26.2. The van der Waals surface area contributed by atoms with Crippen LogP contribution < -0.4 is 0 Å². The molecule has 5 rings (SSSR count). The summed E-state index contributed by atoms with van der Waals surface area (Å²) in [6.45, 7) is 4.60. The van der Waals surface area contributed by atoms with Crippen molar-refractivity contribution in [2.24, 2.45) is 0 Å². The maximum atomic E-state index is 14.2. The molecule has 0 saturated heterocycles. The van der Waals surface area contributed by atoms with Crippen LogP contribution in [0.5, 0.6) is 0 Å². The molecule has 45 heavy (non-hydrogen) atoms. The third-order valence-electron chi connectivity index (χ3n) is 8.63. The second kappa shape index (κ2) is 16.2. The minimum Gasteiger partial charge on any atom is -0.382 e. The summed E-state index contributed by atoms with van der Waals surface area (Å²) in [5.41, 5.74) is 4.71. The van der Waals surface area contributed by atoms with Crippen molar-refractivity contribution in [3.05, 3.63) is 120 Å². The van der Waals surface area contributed by atoms with Crippen molar-refractivity contribution in [2.75, 3.05) is 26.3 Å². The van der Waals surface area contributed by atoms with E-state index in [0.29, 0.717) is 44.8 Å². The lowest BCUT2D eigenvalue weighted by molar-refractivity contribution is -0.135. The minimum atomic E-state index is -0.256. The standard InChI is InChI=1S/C38H44FN3O3/c1-2-45-26-10-25-41(38(44)33-20-18-32(19-21-33)31-11-5-3-6-12-31)29-37(43)42(35-13-7-4-8-14-35)28-36-15-9-24-40(36)27-30-16-22-34(39)23-17-30/h3,5-6,9,11-12,15-24,35H,2,4,7-8,10,13-14,25-29H2,1H3. The molecule has 0 bridgehead atoms. The number of hydrogen-bond acceptors (Lipinski definition) is 3. The quantitative estimate of drug-likeness (QED) is 0.139. The molecule has 0 N–H and O–H groups in total. The van der Waals surface area contributed by atoms with E-state index in [1.165, 1.54) is 18.6 Å². The Morgan fingerprint density at radius 1 is 0.867 bits per heavy atom. The zero-order valence-electron chi connectivity index (χ0n) is 26.2. The smallest absolute Gasteiger partial charge is 0.254 e. The third-order valence-corrected chi connectivity index (χ3v) is 8.63. The first-order valence-electron chi connectivity index (χ1n) is 16.2. The van der Waals surface area contributed by atoms with Crippen LogP contribution in [-0.4, -0.2) is 58.5 Å². The van der Waals surface area contributed by atoms with E-state index in [0.717, 1.165) is 48.1 Å². The first-order chi connectivity index (χ1) is 22.0. The summed E-state index contributed by atoms with van der Waals surface area (Å²) < 4.78 is 21.2. The number of hydrogen-bond donors (Lipinski definition) is 0. The van der Waals surface area contributed by atoms with Crippen LogP contribution in [0.3, 0.4) is 0 Å². The van der Waals surface area contributed by atoms with Gasteiger partial charge in [0.2, 0.25) is 5.91 Å². The molecule has 1 aliphatic rings. The lowest BCUT2D eigenvalue weighted by Crippen LogP contribution is -2.48. The summed E-state index contributed by atoms with van der Waals surface area (Å²) in [5, 5.41) is 0. The van der Waals surface area contributed by atoms with Gasteiger partial charge in [0.05, 0.1) is 6.54 Å². The lowest BCUT2D eigenvalue weighted by Gasteiger charge is -2.36. The van der Waals surface area contributed by atoms with Crippen LogP contribution in [0.4, 0.5) is 4.39 Å². The number of aromatic nitrogens is 1. The molecule has 1 aromatic heterocycles. The molecule has 7 heteroatoms. The van der Waals surface area contributed by atoms with Gasteiger partial charge in [-0.05, 0) is 79.3 Å². The number of carbonyl (C=O) groups excluding carboxylic acids is 2. The highest BCUT2D eigenvalue weighted by molar-refractivity contribution is 5.97. The predicted molar refractivity (Wildman–Crippen MR) is 176 cm³/mol. The number of nitrogens with zero attached hydrogens (tertiary/aromatic N) is 3. The summed E-state index contributed by atoms with van der Waals surface area (Å²) in [6.07, 6.45) is 7.95. The van der Waals surface area contributed by atoms with Crippen molar-refractivity contribution in [1.29, 1.82) is 0 Å².